The molecular formula is C9H4F2I2S. The van der Waals surface area contributed by atoms with E-state index in [-0.39, 0.29) is 5.56 Å². The SMILES string of the molecule is FC(F)c1c(I)ccc2scc(I)c12. The summed E-state index contributed by atoms with van der Waals surface area (Å²) in [6.45, 7) is 0. The summed E-state index contributed by atoms with van der Waals surface area (Å²) in [5.41, 5.74) is 0.175. The highest BCUT2D eigenvalue weighted by Crippen LogP contribution is 2.37. The van der Waals surface area contributed by atoms with Gasteiger partial charge in [0.25, 0.3) is 6.43 Å². The first-order chi connectivity index (χ1) is 6.61. The van der Waals surface area contributed by atoms with Gasteiger partial charge in [-0.05, 0) is 57.3 Å². The molecule has 1 aromatic heterocycles. The van der Waals surface area contributed by atoms with E-state index in [1.165, 1.54) is 11.3 Å². The molecule has 0 fully saturated rings. The van der Waals surface area contributed by atoms with E-state index >= 15 is 0 Å². The van der Waals surface area contributed by atoms with E-state index in [2.05, 4.69) is 22.6 Å². The molecule has 0 spiro atoms. The van der Waals surface area contributed by atoms with E-state index in [1.54, 1.807) is 6.07 Å². The molecule has 0 aliphatic heterocycles. The lowest BCUT2D eigenvalue weighted by Gasteiger charge is -2.05. The van der Waals surface area contributed by atoms with Gasteiger partial charge in [0.2, 0.25) is 0 Å². The zero-order valence-corrected chi connectivity index (χ0v) is 11.9. The van der Waals surface area contributed by atoms with Crippen LogP contribution in [0, 0.1) is 7.14 Å². The predicted octanol–water partition coefficient (Wildman–Crippen LogP) is 5.05. The second-order valence-electron chi connectivity index (χ2n) is 2.72. The first kappa shape index (κ1) is 11.0. The summed E-state index contributed by atoms with van der Waals surface area (Å²) >= 11 is 5.57. The Morgan fingerprint density at radius 1 is 1.14 bits per heavy atom. The monoisotopic (exact) mass is 436 g/mol. The first-order valence-corrected chi connectivity index (χ1v) is 6.78. The Hall–Kier alpha value is 0.500. The molecule has 1 aromatic carbocycles. The third kappa shape index (κ3) is 1.78. The highest BCUT2D eigenvalue weighted by atomic mass is 127. The Morgan fingerprint density at radius 3 is 2.50 bits per heavy atom. The molecule has 0 aliphatic rings. The van der Waals surface area contributed by atoms with Crippen LogP contribution in [0.4, 0.5) is 8.78 Å². The number of halogens is 4. The van der Waals surface area contributed by atoms with E-state index in [0.29, 0.717) is 3.57 Å². The molecule has 0 amide bonds. The van der Waals surface area contributed by atoms with Gasteiger partial charge in [-0.25, -0.2) is 8.78 Å². The minimum absolute atomic E-state index is 0.175. The highest BCUT2D eigenvalue weighted by Gasteiger charge is 2.18. The first-order valence-electron chi connectivity index (χ1n) is 3.74. The number of alkyl halides is 2. The van der Waals surface area contributed by atoms with Crippen molar-refractivity contribution in [3.63, 3.8) is 0 Å². The molecule has 0 N–H and O–H groups in total. The molecule has 0 aliphatic carbocycles. The maximum Gasteiger partial charge on any atom is 0.265 e. The van der Waals surface area contributed by atoms with Crippen LogP contribution in [0.25, 0.3) is 10.1 Å². The summed E-state index contributed by atoms with van der Waals surface area (Å²) in [6.07, 6.45) is -2.39. The van der Waals surface area contributed by atoms with Crippen LogP contribution in [0.15, 0.2) is 17.5 Å². The smallest absolute Gasteiger partial charge is 0.205 e. The van der Waals surface area contributed by atoms with Crippen LogP contribution in [-0.4, -0.2) is 0 Å². The van der Waals surface area contributed by atoms with Crippen molar-refractivity contribution in [1.29, 1.82) is 0 Å². The fourth-order valence-electron chi connectivity index (χ4n) is 1.31. The van der Waals surface area contributed by atoms with Gasteiger partial charge in [-0.2, -0.15) is 0 Å². The van der Waals surface area contributed by atoms with E-state index in [4.69, 9.17) is 0 Å². The Kier molecular flexibility index (Phi) is 3.27. The molecule has 14 heavy (non-hydrogen) atoms. The van der Waals surface area contributed by atoms with Crippen molar-refractivity contribution >= 4 is 66.6 Å². The second-order valence-corrected chi connectivity index (χ2v) is 5.95. The van der Waals surface area contributed by atoms with Crippen LogP contribution in [-0.2, 0) is 0 Å². The van der Waals surface area contributed by atoms with Crippen molar-refractivity contribution in [2.24, 2.45) is 0 Å². The van der Waals surface area contributed by atoms with Crippen LogP contribution < -0.4 is 0 Å². The predicted molar refractivity (Wildman–Crippen MR) is 72.2 cm³/mol. The minimum atomic E-state index is -2.39. The molecule has 0 bridgehead atoms. The van der Waals surface area contributed by atoms with E-state index < -0.39 is 6.43 Å². The third-order valence-electron chi connectivity index (χ3n) is 1.90. The summed E-state index contributed by atoms with van der Waals surface area (Å²) < 4.78 is 28.1. The summed E-state index contributed by atoms with van der Waals surface area (Å²) in [5, 5.41) is 2.63. The Morgan fingerprint density at radius 2 is 1.86 bits per heavy atom. The fourth-order valence-corrected chi connectivity index (χ4v) is 3.97. The number of fused-ring (bicyclic) bond motifs is 1. The zero-order chi connectivity index (χ0) is 10.3. The number of hydrogen-bond acceptors (Lipinski definition) is 1. The van der Waals surface area contributed by atoms with Gasteiger partial charge in [0.15, 0.2) is 0 Å². The maximum atomic E-state index is 12.8. The molecule has 2 rings (SSSR count). The molecule has 0 nitrogen and oxygen atoms in total. The largest absolute Gasteiger partial charge is 0.265 e. The Labute approximate surface area is 111 Å². The van der Waals surface area contributed by atoms with E-state index in [0.717, 1.165) is 13.7 Å². The fraction of sp³-hybridized carbons (Fsp3) is 0.111. The molecule has 0 unspecified atom stereocenters. The molecule has 0 saturated carbocycles. The van der Waals surface area contributed by atoms with Gasteiger partial charge in [-0.1, -0.05) is 0 Å². The number of hydrogen-bond donors (Lipinski definition) is 0. The average Bonchev–Trinajstić information content (AvgIpc) is 2.47. The lowest BCUT2D eigenvalue weighted by atomic mass is 10.1. The minimum Gasteiger partial charge on any atom is -0.205 e. The number of thiophene rings is 1. The second kappa shape index (κ2) is 4.17. The van der Waals surface area contributed by atoms with Gasteiger partial charge in [-0.15, -0.1) is 11.3 Å². The number of rotatable bonds is 1. The molecule has 5 heteroatoms. The van der Waals surface area contributed by atoms with Crippen molar-refractivity contribution < 1.29 is 8.78 Å². The molecule has 0 atom stereocenters. The topological polar surface area (TPSA) is 0 Å². The van der Waals surface area contributed by atoms with Crippen molar-refractivity contribution in [2.75, 3.05) is 0 Å². The summed E-state index contributed by atoms with van der Waals surface area (Å²) in [4.78, 5) is 0. The standard InChI is InChI=1S/C9H4F2I2S/c10-9(11)8-4(12)1-2-6-7(8)5(13)3-14-6/h1-3,9H. The molecular weight excluding hydrogens is 432 g/mol. The summed E-state index contributed by atoms with van der Waals surface area (Å²) in [6, 6.07) is 3.65. The molecule has 74 valence electrons. The van der Waals surface area contributed by atoms with Crippen LogP contribution in [0.5, 0.6) is 0 Å². The Balaban J connectivity index is 2.87. The van der Waals surface area contributed by atoms with Gasteiger partial charge in [0, 0.05) is 28.2 Å². The maximum absolute atomic E-state index is 12.8. The van der Waals surface area contributed by atoms with Gasteiger partial charge in [0.1, 0.15) is 0 Å². The molecule has 2 aromatic rings. The van der Waals surface area contributed by atoms with Gasteiger partial charge < -0.3 is 0 Å². The number of benzene rings is 1. The van der Waals surface area contributed by atoms with Crippen LogP contribution in [0.3, 0.4) is 0 Å². The zero-order valence-electron chi connectivity index (χ0n) is 6.73. The van der Waals surface area contributed by atoms with E-state index in [9.17, 15) is 8.78 Å². The third-order valence-corrected chi connectivity index (χ3v) is 5.06. The van der Waals surface area contributed by atoms with Crippen molar-refractivity contribution in [3.05, 3.63) is 30.2 Å². The average molecular weight is 436 g/mol. The van der Waals surface area contributed by atoms with Crippen LogP contribution in [0.1, 0.15) is 12.0 Å². The molecule has 0 saturated heterocycles. The van der Waals surface area contributed by atoms with Gasteiger partial charge >= 0.3 is 0 Å². The summed E-state index contributed by atoms with van der Waals surface area (Å²) in [7, 11) is 0. The molecule has 1 heterocycles. The van der Waals surface area contributed by atoms with Crippen molar-refractivity contribution in [1.82, 2.24) is 0 Å². The normalized spacial score (nSPS) is 11.5. The van der Waals surface area contributed by atoms with Crippen molar-refractivity contribution in [3.8, 4) is 0 Å². The van der Waals surface area contributed by atoms with E-state index in [1.807, 2.05) is 34.0 Å². The summed E-state index contributed by atoms with van der Waals surface area (Å²) in [5.74, 6) is 0. The lowest BCUT2D eigenvalue weighted by molar-refractivity contribution is 0.152. The van der Waals surface area contributed by atoms with Crippen molar-refractivity contribution in [2.45, 2.75) is 6.43 Å². The lowest BCUT2D eigenvalue weighted by Crippen LogP contribution is -1.90. The van der Waals surface area contributed by atoms with Gasteiger partial charge in [0.05, 0.1) is 0 Å². The quantitative estimate of drug-likeness (QED) is 0.550. The Bertz CT molecular complexity index is 479. The van der Waals surface area contributed by atoms with Crippen LogP contribution in [0.2, 0.25) is 0 Å². The molecule has 0 radical (unpaired) electrons. The van der Waals surface area contributed by atoms with Gasteiger partial charge in [-0.3, -0.25) is 0 Å². The van der Waals surface area contributed by atoms with Crippen LogP contribution >= 0.6 is 56.5 Å². The highest BCUT2D eigenvalue weighted by molar-refractivity contribution is 14.1.